The summed E-state index contributed by atoms with van der Waals surface area (Å²) in [5.41, 5.74) is 5.53. The molecule has 0 bridgehead atoms. The van der Waals surface area contributed by atoms with Gasteiger partial charge in [0.1, 0.15) is 0 Å². The zero-order valence-corrected chi connectivity index (χ0v) is 10.7. The van der Waals surface area contributed by atoms with E-state index in [-0.39, 0.29) is 0 Å². The van der Waals surface area contributed by atoms with Gasteiger partial charge in [-0.1, -0.05) is 12.2 Å². The molecule has 0 unspecified atom stereocenters. The minimum Gasteiger partial charge on any atom is -0.393 e. The monoisotopic (exact) mass is 229 g/mol. The Morgan fingerprint density at radius 1 is 1.27 bits per heavy atom. The van der Waals surface area contributed by atoms with Crippen LogP contribution in [0.15, 0.2) is 0 Å². The van der Waals surface area contributed by atoms with E-state index in [1.54, 1.807) is 0 Å². The lowest BCUT2D eigenvalue weighted by molar-refractivity contribution is 0.252. The number of thiocarbonyl (C=S) groups is 1. The van der Waals surface area contributed by atoms with Crippen LogP contribution >= 0.6 is 12.2 Å². The van der Waals surface area contributed by atoms with Crippen LogP contribution < -0.4 is 5.73 Å². The lowest BCUT2D eigenvalue weighted by atomic mass is 10.3. The highest BCUT2D eigenvalue weighted by Crippen LogP contribution is 2.26. The second-order valence-electron chi connectivity index (χ2n) is 4.64. The standard InChI is InChI=1S/C11H23N3S/c1-13(2)7-3-8-14(10-4-5-10)9-6-11(12)15/h10H,3-9H2,1-2H3,(H2,12,15). The largest absolute Gasteiger partial charge is 0.393 e. The predicted molar refractivity (Wildman–Crippen MR) is 69.2 cm³/mol. The fourth-order valence-corrected chi connectivity index (χ4v) is 1.85. The first-order chi connectivity index (χ1) is 7.09. The predicted octanol–water partition coefficient (Wildman–Crippen LogP) is 1.08. The van der Waals surface area contributed by atoms with E-state index in [0.717, 1.165) is 25.6 Å². The topological polar surface area (TPSA) is 32.5 Å². The van der Waals surface area contributed by atoms with Gasteiger partial charge in [0.05, 0.1) is 4.99 Å². The molecule has 0 heterocycles. The summed E-state index contributed by atoms with van der Waals surface area (Å²) < 4.78 is 0. The maximum Gasteiger partial charge on any atom is 0.0740 e. The molecule has 0 amide bonds. The molecule has 1 aliphatic carbocycles. The van der Waals surface area contributed by atoms with Gasteiger partial charge in [0.2, 0.25) is 0 Å². The number of nitrogens with zero attached hydrogens (tertiary/aromatic N) is 2. The van der Waals surface area contributed by atoms with Crippen molar-refractivity contribution in [2.24, 2.45) is 5.73 Å². The van der Waals surface area contributed by atoms with E-state index in [2.05, 4.69) is 23.9 Å². The highest BCUT2D eigenvalue weighted by Gasteiger charge is 2.28. The van der Waals surface area contributed by atoms with Gasteiger partial charge in [-0.3, -0.25) is 4.90 Å². The van der Waals surface area contributed by atoms with Crippen LogP contribution in [0.25, 0.3) is 0 Å². The smallest absolute Gasteiger partial charge is 0.0740 e. The van der Waals surface area contributed by atoms with E-state index < -0.39 is 0 Å². The molecule has 0 aromatic heterocycles. The van der Waals surface area contributed by atoms with Crippen molar-refractivity contribution >= 4 is 17.2 Å². The zero-order chi connectivity index (χ0) is 11.3. The average molecular weight is 229 g/mol. The Balaban J connectivity index is 2.15. The van der Waals surface area contributed by atoms with Gasteiger partial charge in [-0.15, -0.1) is 0 Å². The highest BCUT2D eigenvalue weighted by molar-refractivity contribution is 7.80. The molecule has 88 valence electrons. The molecule has 1 aliphatic rings. The van der Waals surface area contributed by atoms with Gasteiger partial charge in [-0.25, -0.2) is 0 Å². The molecule has 0 saturated heterocycles. The molecule has 0 atom stereocenters. The Kier molecular flexibility index (Phi) is 5.50. The van der Waals surface area contributed by atoms with Crippen LogP contribution in [0.2, 0.25) is 0 Å². The molecule has 0 radical (unpaired) electrons. The lowest BCUT2D eigenvalue weighted by Gasteiger charge is -2.22. The number of rotatable bonds is 8. The molecule has 0 aromatic rings. The maximum absolute atomic E-state index is 5.53. The summed E-state index contributed by atoms with van der Waals surface area (Å²) in [5.74, 6) is 0. The summed E-state index contributed by atoms with van der Waals surface area (Å²) in [6.07, 6.45) is 4.83. The molecule has 0 aliphatic heterocycles. The molecule has 3 nitrogen and oxygen atoms in total. The van der Waals surface area contributed by atoms with Crippen molar-refractivity contribution in [1.82, 2.24) is 9.80 Å². The second kappa shape index (κ2) is 6.40. The molecule has 15 heavy (non-hydrogen) atoms. The van der Waals surface area contributed by atoms with Crippen molar-refractivity contribution in [3.8, 4) is 0 Å². The molecule has 1 rings (SSSR count). The first kappa shape index (κ1) is 12.9. The van der Waals surface area contributed by atoms with E-state index >= 15 is 0 Å². The van der Waals surface area contributed by atoms with Crippen LogP contribution in [-0.4, -0.2) is 54.6 Å². The Bertz CT molecular complexity index is 202. The maximum atomic E-state index is 5.53. The van der Waals surface area contributed by atoms with Crippen molar-refractivity contribution in [3.05, 3.63) is 0 Å². The summed E-state index contributed by atoms with van der Waals surface area (Å²) >= 11 is 4.92. The summed E-state index contributed by atoms with van der Waals surface area (Å²) in [5, 5.41) is 0. The van der Waals surface area contributed by atoms with E-state index in [0.29, 0.717) is 4.99 Å². The molecule has 2 N–H and O–H groups in total. The van der Waals surface area contributed by atoms with Crippen LogP contribution in [0.4, 0.5) is 0 Å². The Morgan fingerprint density at radius 3 is 2.40 bits per heavy atom. The highest BCUT2D eigenvalue weighted by atomic mass is 32.1. The molecular formula is C11H23N3S. The fourth-order valence-electron chi connectivity index (χ4n) is 1.76. The van der Waals surface area contributed by atoms with Crippen LogP contribution in [-0.2, 0) is 0 Å². The third kappa shape index (κ3) is 6.07. The Labute approximate surface area is 98.6 Å². The summed E-state index contributed by atoms with van der Waals surface area (Å²) in [4.78, 5) is 5.43. The molecule has 4 heteroatoms. The Hall–Kier alpha value is -0.190. The Morgan fingerprint density at radius 2 is 1.93 bits per heavy atom. The third-order valence-corrected chi connectivity index (χ3v) is 2.96. The van der Waals surface area contributed by atoms with Gasteiger partial charge in [0.25, 0.3) is 0 Å². The molecular weight excluding hydrogens is 206 g/mol. The quantitative estimate of drug-likeness (QED) is 0.631. The van der Waals surface area contributed by atoms with E-state index in [4.69, 9.17) is 18.0 Å². The third-order valence-electron chi connectivity index (χ3n) is 2.76. The minimum atomic E-state index is 0.647. The summed E-state index contributed by atoms with van der Waals surface area (Å²) in [6.45, 7) is 3.40. The number of hydrogen-bond acceptors (Lipinski definition) is 3. The van der Waals surface area contributed by atoms with Crippen LogP contribution in [0, 0.1) is 0 Å². The molecule has 1 fully saturated rings. The molecule has 1 saturated carbocycles. The van der Waals surface area contributed by atoms with E-state index in [1.165, 1.54) is 25.8 Å². The zero-order valence-electron chi connectivity index (χ0n) is 9.91. The van der Waals surface area contributed by atoms with Crippen molar-refractivity contribution in [2.45, 2.75) is 31.7 Å². The summed E-state index contributed by atoms with van der Waals surface area (Å²) in [7, 11) is 4.24. The minimum absolute atomic E-state index is 0.647. The van der Waals surface area contributed by atoms with E-state index in [1.807, 2.05) is 0 Å². The summed E-state index contributed by atoms with van der Waals surface area (Å²) in [6, 6.07) is 0.821. The molecule has 0 spiro atoms. The average Bonchev–Trinajstić information content (AvgIpc) is 2.93. The van der Waals surface area contributed by atoms with Gasteiger partial charge in [-0.05, 0) is 46.4 Å². The van der Waals surface area contributed by atoms with Crippen molar-refractivity contribution in [1.29, 1.82) is 0 Å². The fraction of sp³-hybridized carbons (Fsp3) is 0.909. The van der Waals surface area contributed by atoms with Gasteiger partial charge in [-0.2, -0.15) is 0 Å². The number of nitrogens with two attached hydrogens (primary N) is 1. The SMILES string of the molecule is CN(C)CCCN(CCC(N)=S)C1CC1. The van der Waals surface area contributed by atoms with Gasteiger partial charge in [0.15, 0.2) is 0 Å². The van der Waals surface area contributed by atoms with Gasteiger partial charge >= 0.3 is 0 Å². The number of hydrogen-bond donors (Lipinski definition) is 1. The van der Waals surface area contributed by atoms with Gasteiger partial charge < -0.3 is 10.6 Å². The second-order valence-corrected chi connectivity index (χ2v) is 5.16. The first-order valence-corrected chi connectivity index (χ1v) is 6.17. The van der Waals surface area contributed by atoms with Gasteiger partial charge in [0, 0.05) is 19.0 Å². The molecule has 0 aromatic carbocycles. The first-order valence-electron chi connectivity index (χ1n) is 5.76. The van der Waals surface area contributed by atoms with Crippen LogP contribution in [0.3, 0.4) is 0 Å². The van der Waals surface area contributed by atoms with Crippen molar-refractivity contribution in [2.75, 3.05) is 33.7 Å². The van der Waals surface area contributed by atoms with Crippen molar-refractivity contribution in [3.63, 3.8) is 0 Å². The van der Waals surface area contributed by atoms with Crippen LogP contribution in [0.5, 0.6) is 0 Å². The van der Waals surface area contributed by atoms with Crippen molar-refractivity contribution < 1.29 is 0 Å². The lowest BCUT2D eigenvalue weighted by Crippen LogP contribution is -2.32. The van der Waals surface area contributed by atoms with E-state index in [9.17, 15) is 0 Å². The normalized spacial score (nSPS) is 16.3. The van der Waals surface area contributed by atoms with Crippen LogP contribution in [0.1, 0.15) is 25.7 Å².